The number of rotatable bonds is 6. The van der Waals surface area contributed by atoms with E-state index in [4.69, 9.17) is 0 Å². The van der Waals surface area contributed by atoms with Gasteiger partial charge in [0.05, 0.1) is 0 Å². The third-order valence-electron chi connectivity index (χ3n) is 4.26. The molecule has 2 amide bonds. The highest BCUT2D eigenvalue weighted by molar-refractivity contribution is 5.94. The highest BCUT2D eigenvalue weighted by atomic mass is 19.1. The van der Waals surface area contributed by atoms with Gasteiger partial charge in [-0.2, -0.15) is 0 Å². The molecule has 3 N–H and O–H groups in total. The fourth-order valence-electron chi connectivity index (χ4n) is 2.77. The zero-order valence-electron chi connectivity index (χ0n) is 13.5. The minimum Gasteiger partial charge on any atom is -0.508 e. The molecule has 6 heteroatoms. The first-order valence-corrected chi connectivity index (χ1v) is 8.15. The third-order valence-corrected chi connectivity index (χ3v) is 4.26. The van der Waals surface area contributed by atoms with Crippen LogP contribution in [0.3, 0.4) is 0 Å². The number of phenolic OH excluding ortho intramolecular Hbond substituents is 1. The number of halogens is 1. The summed E-state index contributed by atoms with van der Waals surface area (Å²) in [4.78, 5) is 24.0. The van der Waals surface area contributed by atoms with E-state index < -0.39 is 0 Å². The quantitative estimate of drug-likeness (QED) is 0.704. The highest BCUT2D eigenvalue weighted by Crippen LogP contribution is 2.47. The predicted molar refractivity (Wildman–Crippen MR) is 90.7 cm³/mol. The molecule has 1 aliphatic rings. The first kappa shape index (κ1) is 17.0. The van der Waals surface area contributed by atoms with Crippen LogP contribution in [0.5, 0.6) is 5.75 Å². The van der Waals surface area contributed by atoms with Crippen LogP contribution < -0.4 is 10.6 Å². The van der Waals surface area contributed by atoms with Crippen molar-refractivity contribution in [2.24, 2.45) is 5.92 Å². The van der Waals surface area contributed by atoms with E-state index in [0.29, 0.717) is 18.7 Å². The number of nitrogens with one attached hydrogen (secondary N) is 2. The molecule has 1 fully saturated rings. The number of benzene rings is 2. The minimum absolute atomic E-state index is 0.0480. The molecule has 130 valence electrons. The Morgan fingerprint density at radius 1 is 1.00 bits per heavy atom. The van der Waals surface area contributed by atoms with Gasteiger partial charge in [0, 0.05) is 24.6 Å². The second-order valence-electron chi connectivity index (χ2n) is 6.09. The Bertz CT molecular complexity index is 759. The van der Waals surface area contributed by atoms with Gasteiger partial charge in [0.15, 0.2) is 0 Å². The van der Waals surface area contributed by atoms with Gasteiger partial charge in [-0.15, -0.1) is 0 Å². The molecule has 2 atom stereocenters. The summed E-state index contributed by atoms with van der Waals surface area (Å²) in [6.45, 7) is 0.661. The summed E-state index contributed by atoms with van der Waals surface area (Å²) >= 11 is 0. The third kappa shape index (κ3) is 4.35. The van der Waals surface area contributed by atoms with Crippen molar-refractivity contribution in [1.82, 2.24) is 10.6 Å². The molecule has 1 aliphatic carbocycles. The van der Waals surface area contributed by atoms with Crippen LogP contribution in [-0.4, -0.2) is 30.0 Å². The molecule has 1 saturated carbocycles. The number of phenols is 1. The summed E-state index contributed by atoms with van der Waals surface area (Å²) in [6.07, 6.45) is 0.761. The van der Waals surface area contributed by atoms with Gasteiger partial charge in [-0.05, 0) is 54.3 Å². The smallest absolute Gasteiger partial charge is 0.251 e. The largest absolute Gasteiger partial charge is 0.508 e. The van der Waals surface area contributed by atoms with Crippen molar-refractivity contribution in [3.63, 3.8) is 0 Å². The standard InChI is InChI=1S/C19H19FN2O3/c20-14-5-1-12(2-6-14)16-11-17(16)19(25)22-10-9-21-18(24)13-3-7-15(23)8-4-13/h1-8,16-17,23H,9-11H2,(H,21,24)(H,22,25). The van der Waals surface area contributed by atoms with Crippen LogP contribution in [-0.2, 0) is 4.79 Å². The van der Waals surface area contributed by atoms with E-state index >= 15 is 0 Å². The van der Waals surface area contributed by atoms with Gasteiger partial charge in [0.1, 0.15) is 11.6 Å². The normalized spacial score (nSPS) is 18.4. The number of carbonyl (C=O) groups is 2. The molecule has 0 radical (unpaired) electrons. The maximum atomic E-state index is 12.9. The molecule has 3 rings (SSSR count). The predicted octanol–water partition coefficient (Wildman–Crippen LogP) is 2.18. The molecule has 2 unspecified atom stereocenters. The Labute approximate surface area is 144 Å². The molecule has 0 saturated heterocycles. The lowest BCUT2D eigenvalue weighted by atomic mass is 10.1. The zero-order chi connectivity index (χ0) is 17.8. The lowest BCUT2D eigenvalue weighted by Crippen LogP contribution is -2.35. The number of carbonyl (C=O) groups excluding carboxylic acids is 2. The summed E-state index contributed by atoms with van der Waals surface area (Å²) in [6, 6.07) is 12.2. The van der Waals surface area contributed by atoms with E-state index in [1.54, 1.807) is 12.1 Å². The highest BCUT2D eigenvalue weighted by Gasteiger charge is 2.43. The van der Waals surface area contributed by atoms with Gasteiger partial charge in [-0.25, -0.2) is 4.39 Å². The monoisotopic (exact) mass is 342 g/mol. The maximum absolute atomic E-state index is 12.9. The molecule has 0 aromatic heterocycles. The van der Waals surface area contributed by atoms with Gasteiger partial charge in [-0.1, -0.05) is 12.1 Å². The van der Waals surface area contributed by atoms with Crippen molar-refractivity contribution in [2.45, 2.75) is 12.3 Å². The molecule has 5 nitrogen and oxygen atoms in total. The SMILES string of the molecule is O=C(NCCNC(=O)C1CC1c1ccc(F)cc1)c1ccc(O)cc1. The fraction of sp³-hybridized carbons (Fsp3) is 0.263. The van der Waals surface area contributed by atoms with E-state index in [1.807, 2.05) is 0 Å². The molecule has 0 spiro atoms. The van der Waals surface area contributed by atoms with Crippen LogP contribution in [0.25, 0.3) is 0 Å². The Morgan fingerprint density at radius 3 is 2.32 bits per heavy atom. The number of hydrogen-bond acceptors (Lipinski definition) is 3. The Morgan fingerprint density at radius 2 is 1.64 bits per heavy atom. The van der Waals surface area contributed by atoms with Crippen molar-refractivity contribution < 1.29 is 19.1 Å². The lowest BCUT2D eigenvalue weighted by Gasteiger charge is -2.07. The summed E-state index contributed by atoms with van der Waals surface area (Å²) in [5.41, 5.74) is 1.42. The van der Waals surface area contributed by atoms with Gasteiger partial charge in [0.25, 0.3) is 5.91 Å². The van der Waals surface area contributed by atoms with Crippen LogP contribution in [0, 0.1) is 11.7 Å². The fourth-order valence-corrected chi connectivity index (χ4v) is 2.77. The van der Waals surface area contributed by atoms with Crippen LogP contribution in [0.4, 0.5) is 4.39 Å². The minimum atomic E-state index is -0.283. The van der Waals surface area contributed by atoms with Gasteiger partial charge < -0.3 is 15.7 Å². The Balaban J connectivity index is 1.38. The second-order valence-corrected chi connectivity index (χ2v) is 6.09. The van der Waals surface area contributed by atoms with Crippen LogP contribution in [0.2, 0.25) is 0 Å². The summed E-state index contributed by atoms with van der Waals surface area (Å²) in [7, 11) is 0. The zero-order valence-corrected chi connectivity index (χ0v) is 13.5. The van der Waals surface area contributed by atoms with Crippen molar-refractivity contribution in [3.05, 3.63) is 65.5 Å². The topological polar surface area (TPSA) is 78.4 Å². The van der Waals surface area contributed by atoms with Crippen molar-refractivity contribution in [2.75, 3.05) is 13.1 Å². The summed E-state index contributed by atoms with van der Waals surface area (Å²) < 4.78 is 12.9. The average molecular weight is 342 g/mol. The van der Waals surface area contributed by atoms with E-state index in [9.17, 15) is 19.1 Å². The molecular formula is C19H19FN2O3. The van der Waals surface area contributed by atoms with Crippen LogP contribution in [0.15, 0.2) is 48.5 Å². The number of amides is 2. The van der Waals surface area contributed by atoms with Gasteiger partial charge >= 0.3 is 0 Å². The van der Waals surface area contributed by atoms with Gasteiger partial charge in [-0.3, -0.25) is 9.59 Å². The molecule has 2 aromatic rings. The summed E-state index contributed by atoms with van der Waals surface area (Å²) in [5.74, 6) is -0.428. The Hall–Kier alpha value is -2.89. The van der Waals surface area contributed by atoms with Gasteiger partial charge in [0.2, 0.25) is 5.91 Å². The second kappa shape index (κ2) is 7.34. The number of aromatic hydroxyl groups is 1. The number of hydrogen-bond donors (Lipinski definition) is 3. The molecule has 0 heterocycles. The van der Waals surface area contributed by atoms with Crippen LogP contribution >= 0.6 is 0 Å². The van der Waals surface area contributed by atoms with E-state index in [-0.39, 0.29) is 35.2 Å². The van der Waals surface area contributed by atoms with Crippen LogP contribution in [0.1, 0.15) is 28.3 Å². The first-order valence-electron chi connectivity index (χ1n) is 8.15. The van der Waals surface area contributed by atoms with Crippen molar-refractivity contribution in [1.29, 1.82) is 0 Å². The molecule has 0 aliphatic heterocycles. The van der Waals surface area contributed by atoms with E-state index in [0.717, 1.165) is 12.0 Å². The van der Waals surface area contributed by atoms with E-state index in [2.05, 4.69) is 10.6 Å². The van der Waals surface area contributed by atoms with E-state index in [1.165, 1.54) is 36.4 Å². The molecule has 25 heavy (non-hydrogen) atoms. The Kier molecular flexibility index (Phi) is 4.97. The maximum Gasteiger partial charge on any atom is 0.251 e. The molecular weight excluding hydrogens is 323 g/mol. The van der Waals surface area contributed by atoms with Crippen molar-refractivity contribution in [3.8, 4) is 5.75 Å². The summed E-state index contributed by atoms with van der Waals surface area (Å²) in [5, 5.41) is 14.7. The lowest BCUT2D eigenvalue weighted by molar-refractivity contribution is -0.122. The first-order chi connectivity index (χ1) is 12.0. The van der Waals surface area contributed by atoms with Crippen molar-refractivity contribution >= 4 is 11.8 Å². The average Bonchev–Trinajstić information content (AvgIpc) is 3.40. The molecule has 0 bridgehead atoms. The molecule has 2 aromatic carbocycles.